The molecule has 2 fully saturated rings. The van der Waals surface area contributed by atoms with Crippen LogP contribution < -0.4 is 4.90 Å². The van der Waals surface area contributed by atoms with Crippen LogP contribution in [0.2, 0.25) is 0 Å². The summed E-state index contributed by atoms with van der Waals surface area (Å²) in [7, 11) is 0. The van der Waals surface area contributed by atoms with Crippen LogP contribution in [0.4, 0.5) is 11.4 Å². The zero-order chi connectivity index (χ0) is 25.4. The second-order valence-electron chi connectivity index (χ2n) is 9.34. The van der Waals surface area contributed by atoms with Crippen LogP contribution in [-0.2, 0) is 4.74 Å². The Bertz CT molecular complexity index is 1360. The number of fused-ring (bicyclic) bond motifs is 1. The second-order valence-corrected chi connectivity index (χ2v) is 9.34. The number of ether oxygens (including phenoxy) is 1. The number of morpholine rings is 1. The molecule has 1 saturated heterocycles. The number of hydrogen-bond acceptors (Lipinski definition) is 8. The Labute approximate surface area is 212 Å². The molecule has 3 aromatic rings. The number of carbonyl (C=O) groups is 1. The molecule has 10 nitrogen and oxygen atoms in total. The highest BCUT2D eigenvalue weighted by Gasteiger charge is 2.45. The van der Waals surface area contributed by atoms with Crippen molar-refractivity contribution in [1.82, 2.24) is 5.01 Å². The van der Waals surface area contributed by atoms with Crippen LogP contribution in [0.5, 0.6) is 0 Å². The quantitative estimate of drug-likeness (QED) is 0.354. The van der Waals surface area contributed by atoms with Gasteiger partial charge in [-0.25, -0.2) is 5.01 Å². The lowest BCUT2D eigenvalue weighted by molar-refractivity contribution is -0.384. The molecule has 2 aromatic heterocycles. The van der Waals surface area contributed by atoms with E-state index in [0.717, 1.165) is 36.3 Å². The maximum atomic E-state index is 13.9. The molecule has 37 heavy (non-hydrogen) atoms. The maximum Gasteiger partial charge on any atom is 0.293 e. The molecular weight excluding hydrogens is 476 g/mol. The first kappa shape index (κ1) is 23.2. The third-order valence-corrected chi connectivity index (χ3v) is 7.17. The molecule has 0 bridgehead atoms. The van der Waals surface area contributed by atoms with Gasteiger partial charge in [-0.3, -0.25) is 14.9 Å². The van der Waals surface area contributed by atoms with Crippen LogP contribution in [0.15, 0.2) is 74.5 Å². The zero-order valence-electron chi connectivity index (χ0n) is 20.1. The van der Waals surface area contributed by atoms with E-state index in [-0.39, 0.29) is 17.2 Å². The van der Waals surface area contributed by atoms with Crippen LogP contribution in [0.1, 0.15) is 47.2 Å². The molecule has 190 valence electrons. The fourth-order valence-electron chi connectivity index (χ4n) is 5.46. The summed E-state index contributed by atoms with van der Waals surface area (Å²) in [6, 6.07) is 11.6. The molecule has 1 aromatic carbocycles. The van der Waals surface area contributed by atoms with Crippen LogP contribution in [-0.4, -0.2) is 47.9 Å². The zero-order valence-corrected chi connectivity index (χ0v) is 20.1. The number of carbonyl (C=O) groups excluding carboxylic acids is 1. The second kappa shape index (κ2) is 9.70. The molecule has 2 atom stereocenters. The Kier molecular flexibility index (Phi) is 6.09. The van der Waals surface area contributed by atoms with E-state index in [1.807, 2.05) is 29.2 Å². The first-order valence-corrected chi connectivity index (χ1v) is 12.4. The largest absolute Gasteiger partial charge is 0.467 e. The monoisotopic (exact) mass is 502 g/mol. The first-order chi connectivity index (χ1) is 18.1. The predicted octanol–water partition coefficient (Wildman–Crippen LogP) is 5.05. The number of hydrogen-bond donors (Lipinski definition) is 0. The first-order valence-electron chi connectivity index (χ1n) is 12.4. The molecule has 4 heterocycles. The summed E-state index contributed by atoms with van der Waals surface area (Å²) in [4.78, 5) is 27.3. The van der Waals surface area contributed by atoms with Gasteiger partial charge < -0.3 is 18.5 Å². The molecule has 0 radical (unpaired) electrons. The van der Waals surface area contributed by atoms with Gasteiger partial charge in [0.1, 0.15) is 23.2 Å². The Morgan fingerprint density at radius 3 is 2.65 bits per heavy atom. The van der Waals surface area contributed by atoms with E-state index >= 15 is 0 Å². The molecule has 1 aliphatic carbocycles. The normalized spacial score (nSPS) is 22.7. The third kappa shape index (κ3) is 4.33. The van der Waals surface area contributed by atoms with Gasteiger partial charge in [0.2, 0.25) is 0 Å². The fraction of sp³-hybridized carbons (Fsp3) is 0.333. The number of furan rings is 2. The van der Waals surface area contributed by atoms with Gasteiger partial charge in [0, 0.05) is 30.6 Å². The average Bonchev–Trinajstić information content (AvgIpc) is 3.70. The minimum absolute atomic E-state index is 0.0485. The van der Waals surface area contributed by atoms with Gasteiger partial charge in [0.15, 0.2) is 0 Å². The van der Waals surface area contributed by atoms with E-state index in [2.05, 4.69) is 0 Å². The van der Waals surface area contributed by atoms with E-state index in [1.165, 1.54) is 11.1 Å². The summed E-state index contributed by atoms with van der Waals surface area (Å²) in [6.45, 7) is 2.12. The number of hydrazone groups is 1. The van der Waals surface area contributed by atoms with Crippen LogP contribution in [0.25, 0.3) is 6.08 Å². The van der Waals surface area contributed by atoms with Crippen molar-refractivity contribution < 1.29 is 23.3 Å². The lowest BCUT2D eigenvalue weighted by atomic mass is 9.79. The highest BCUT2D eigenvalue weighted by molar-refractivity contribution is 6.09. The van der Waals surface area contributed by atoms with Crippen molar-refractivity contribution in [1.29, 1.82) is 0 Å². The molecule has 3 aliphatic rings. The van der Waals surface area contributed by atoms with Crippen molar-refractivity contribution in [3.8, 4) is 0 Å². The minimum Gasteiger partial charge on any atom is -0.467 e. The lowest BCUT2D eigenvalue weighted by Crippen LogP contribution is -2.36. The highest BCUT2D eigenvalue weighted by atomic mass is 16.6. The van der Waals surface area contributed by atoms with E-state index in [1.54, 1.807) is 30.7 Å². The molecule has 1 amide bonds. The van der Waals surface area contributed by atoms with Crippen LogP contribution in [0.3, 0.4) is 0 Å². The average molecular weight is 503 g/mol. The number of allylic oxidation sites excluding steroid dienone is 1. The molecular formula is C27H26N4O6. The van der Waals surface area contributed by atoms with E-state index < -0.39 is 16.9 Å². The van der Waals surface area contributed by atoms with Gasteiger partial charge in [-0.1, -0.05) is 0 Å². The number of benzene rings is 1. The molecule has 2 aliphatic heterocycles. The lowest BCUT2D eigenvalue weighted by Gasteiger charge is -2.29. The van der Waals surface area contributed by atoms with Gasteiger partial charge >= 0.3 is 0 Å². The van der Waals surface area contributed by atoms with E-state index in [9.17, 15) is 14.9 Å². The van der Waals surface area contributed by atoms with Gasteiger partial charge in [-0.2, -0.15) is 5.10 Å². The van der Waals surface area contributed by atoms with Crippen molar-refractivity contribution >= 4 is 29.1 Å². The number of nitro benzene ring substituents is 1. The highest BCUT2D eigenvalue weighted by Crippen LogP contribution is 2.45. The van der Waals surface area contributed by atoms with Crippen molar-refractivity contribution in [3.05, 3.63) is 87.8 Å². The summed E-state index contributed by atoms with van der Waals surface area (Å²) in [5.74, 6) is 0.910. The number of amides is 1. The Morgan fingerprint density at radius 2 is 1.92 bits per heavy atom. The van der Waals surface area contributed by atoms with Crippen molar-refractivity contribution in [2.75, 3.05) is 31.2 Å². The van der Waals surface area contributed by atoms with Gasteiger partial charge in [-0.05, 0) is 67.3 Å². The smallest absolute Gasteiger partial charge is 0.293 e. The summed E-state index contributed by atoms with van der Waals surface area (Å²) < 4.78 is 16.7. The van der Waals surface area contributed by atoms with Crippen molar-refractivity contribution in [3.63, 3.8) is 0 Å². The number of rotatable bonds is 5. The van der Waals surface area contributed by atoms with Gasteiger partial charge in [0.05, 0.1) is 36.4 Å². The van der Waals surface area contributed by atoms with Crippen molar-refractivity contribution in [2.24, 2.45) is 11.0 Å². The number of anilines is 1. The standard InChI is InChI=1S/C27H26N4O6/c32-27(19-8-9-22(23(17-19)31(33)34)29-10-14-35-15-11-29)30-26(24-7-3-13-37-24)21-6-1-4-18(25(21)28-30)16-20-5-2-12-36-20/h2-3,5,7-9,12-13,16-17,21,26H,1,4,6,10-11,14-15H2/b18-16+/t21-,26-/m0/s1. The summed E-state index contributed by atoms with van der Waals surface area (Å²) in [5.41, 5.74) is 2.44. The SMILES string of the molecule is O=C(c1ccc(N2CCOCC2)c([N+](=O)[O-])c1)N1N=C2/C(=C/c3ccco3)CCC[C@@H]2[C@H]1c1ccco1. The maximum absolute atomic E-state index is 13.9. The predicted molar refractivity (Wildman–Crippen MR) is 135 cm³/mol. The van der Waals surface area contributed by atoms with Crippen LogP contribution in [0, 0.1) is 16.0 Å². The fourth-order valence-corrected chi connectivity index (χ4v) is 5.46. The Morgan fingerprint density at radius 1 is 1.11 bits per heavy atom. The Balaban J connectivity index is 1.38. The van der Waals surface area contributed by atoms with Gasteiger partial charge in [0.25, 0.3) is 11.6 Å². The topological polar surface area (TPSA) is 115 Å². The van der Waals surface area contributed by atoms with Crippen LogP contribution >= 0.6 is 0 Å². The summed E-state index contributed by atoms with van der Waals surface area (Å²) >= 11 is 0. The molecule has 6 rings (SSSR count). The molecule has 1 saturated carbocycles. The van der Waals surface area contributed by atoms with E-state index in [0.29, 0.717) is 37.8 Å². The third-order valence-electron chi connectivity index (χ3n) is 7.17. The van der Waals surface area contributed by atoms with Crippen molar-refractivity contribution in [2.45, 2.75) is 25.3 Å². The number of nitrogens with zero attached hydrogens (tertiary/aromatic N) is 4. The summed E-state index contributed by atoms with van der Waals surface area (Å²) in [5, 5.41) is 18.2. The van der Waals surface area contributed by atoms with Gasteiger partial charge in [-0.15, -0.1) is 0 Å². The minimum atomic E-state index is -0.439. The Hall–Kier alpha value is -4.18. The van der Waals surface area contributed by atoms with E-state index in [4.69, 9.17) is 18.7 Å². The molecule has 0 N–H and O–H groups in total. The molecule has 0 spiro atoms. The molecule has 0 unspecified atom stereocenters. The summed E-state index contributed by atoms with van der Waals surface area (Å²) in [6.07, 6.45) is 7.79. The number of nitro groups is 1. The molecule has 10 heteroatoms.